The van der Waals surface area contributed by atoms with Gasteiger partial charge in [0.1, 0.15) is 0 Å². The smallest absolute Gasteiger partial charge is 0.154 e. The van der Waals surface area contributed by atoms with E-state index in [1.54, 1.807) is 4.68 Å². The lowest BCUT2D eigenvalue weighted by atomic mass is 10.1. The van der Waals surface area contributed by atoms with Gasteiger partial charge in [0.2, 0.25) is 0 Å². The van der Waals surface area contributed by atoms with Crippen LogP contribution in [0.4, 0.5) is 0 Å². The Morgan fingerprint density at radius 3 is 2.60 bits per heavy atom. The summed E-state index contributed by atoms with van der Waals surface area (Å²) in [5, 5.41) is 6.18. The molecule has 0 N–H and O–H groups in total. The van der Waals surface area contributed by atoms with Crippen LogP contribution in [0.1, 0.15) is 17.0 Å². The van der Waals surface area contributed by atoms with Crippen LogP contribution in [-0.4, -0.2) is 14.8 Å². The monoisotopic (exact) mass is 305 g/mol. The Morgan fingerprint density at radius 1 is 1.20 bits per heavy atom. The first-order valence-electron chi connectivity index (χ1n) is 6.28. The summed E-state index contributed by atoms with van der Waals surface area (Å²) in [6.07, 6.45) is 0. The van der Waals surface area contributed by atoms with Gasteiger partial charge in [0.25, 0.3) is 0 Å². The summed E-state index contributed by atoms with van der Waals surface area (Å²) >= 11 is 12.3. The Labute approximate surface area is 127 Å². The van der Waals surface area contributed by atoms with E-state index in [-0.39, 0.29) is 0 Å². The third-order valence-corrected chi connectivity index (χ3v) is 4.19. The molecule has 0 spiro atoms. The zero-order valence-electron chi connectivity index (χ0n) is 11.2. The predicted molar refractivity (Wildman–Crippen MR) is 82.9 cm³/mol. The Balaban J connectivity index is 2.29. The molecular weight excluding hydrogens is 293 g/mol. The predicted octanol–water partition coefficient (Wildman–Crippen LogP) is 4.43. The lowest BCUT2D eigenvalue weighted by Gasteiger charge is -2.09. The van der Waals surface area contributed by atoms with Crippen molar-refractivity contribution in [1.29, 1.82) is 0 Å². The van der Waals surface area contributed by atoms with Crippen molar-refractivity contribution in [3.63, 3.8) is 0 Å². The van der Waals surface area contributed by atoms with E-state index >= 15 is 0 Å². The topological polar surface area (TPSA) is 30.7 Å². The molecule has 20 heavy (non-hydrogen) atoms. The minimum atomic E-state index is 0.434. The van der Waals surface area contributed by atoms with Gasteiger partial charge in [0.05, 0.1) is 21.9 Å². The standard InChI is InChI=1S/C15H13Cl2N3/c1-9-15(17)10(2)20(19-9)14-7-11(8-16)12-5-3-4-6-13(12)18-14/h3-7H,8H2,1-2H3. The van der Waals surface area contributed by atoms with Crippen LogP contribution < -0.4 is 0 Å². The molecule has 0 aliphatic heterocycles. The van der Waals surface area contributed by atoms with E-state index in [0.717, 1.165) is 33.7 Å². The number of para-hydroxylation sites is 1. The maximum Gasteiger partial charge on any atom is 0.154 e. The molecule has 3 rings (SSSR count). The van der Waals surface area contributed by atoms with Crippen LogP contribution in [-0.2, 0) is 5.88 Å². The van der Waals surface area contributed by atoms with Gasteiger partial charge in [-0.3, -0.25) is 0 Å². The average Bonchev–Trinajstić information content (AvgIpc) is 2.73. The highest BCUT2D eigenvalue weighted by atomic mass is 35.5. The summed E-state index contributed by atoms with van der Waals surface area (Å²) in [6.45, 7) is 3.81. The molecule has 0 saturated heterocycles. The zero-order valence-corrected chi connectivity index (χ0v) is 12.7. The lowest BCUT2D eigenvalue weighted by molar-refractivity contribution is 0.809. The highest BCUT2D eigenvalue weighted by Crippen LogP contribution is 2.25. The number of halogens is 2. The number of fused-ring (bicyclic) bond motifs is 1. The van der Waals surface area contributed by atoms with E-state index in [2.05, 4.69) is 10.1 Å². The van der Waals surface area contributed by atoms with Crippen LogP contribution in [0.5, 0.6) is 0 Å². The third-order valence-electron chi connectivity index (χ3n) is 3.35. The fraction of sp³-hybridized carbons (Fsp3) is 0.200. The van der Waals surface area contributed by atoms with E-state index in [9.17, 15) is 0 Å². The van der Waals surface area contributed by atoms with Crippen LogP contribution in [0.3, 0.4) is 0 Å². The summed E-state index contributed by atoms with van der Waals surface area (Å²) in [6, 6.07) is 9.91. The summed E-state index contributed by atoms with van der Waals surface area (Å²) in [4.78, 5) is 4.65. The van der Waals surface area contributed by atoms with E-state index in [0.29, 0.717) is 10.9 Å². The number of hydrogen-bond acceptors (Lipinski definition) is 2. The largest absolute Gasteiger partial charge is 0.229 e. The van der Waals surface area contributed by atoms with Gasteiger partial charge < -0.3 is 0 Å². The van der Waals surface area contributed by atoms with E-state index < -0.39 is 0 Å². The minimum Gasteiger partial charge on any atom is -0.229 e. The van der Waals surface area contributed by atoms with Gasteiger partial charge in [-0.15, -0.1) is 11.6 Å². The lowest BCUT2D eigenvalue weighted by Crippen LogP contribution is -2.03. The Kier molecular flexibility index (Phi) is 3.40. The first-order valence-corrected chi connectivity index (χ1v) is 7.20. The SMILES string of the molecule is Cc1nn(-c2cc(CCl)c3ccccc3n2)c(C)c1Cl. The minimum absolute atomic E-state index is 0.434. The average molecular weight is 306 g/mol. The molecule has 0 bridgehead atoms. The summed E-state index contributed by atoms with van der Waals surface area (Å²) in [7, 11) is 0. The molecule has 3 nitrogen and oxygen atoms in total. The van der Waals surface area contributed by atoms with Crippen molar-refractivity contribution in [2.24, 2.45) is 0 Å². The first-order chi connectivity index (χ1) is 9.61. The van der Waals surface area contributed by atoms with Gasteiger partial charge >= 0.3 is 0 Å². The van der Waals surface area contributed by atoms with Gasteiger partial charge in [-0.05, 0) is 31.5 Å². The Bertz CT molecular complexity index is 793. The van der Waals surface area contributed by atoms with Crippen molar-refractivity contribution >= 4 is 34.1 Å². The Morgan fingerprint density at radius 2 is 1.95 bits per heavy atom. The van der Waals surface area contributed by atoms with Crippen molar-refractivity contribution in [2.75, 3.05) is 0 Å². The quantitative estimate of drug-likeness (QED) is 0.656. The summed E-state index contributed by atoms with van der Waals surface area (Å²) < 4.78 is 1.76. The number of hydrogen-bond donors (Lipinski definition) is 0. The van der Waals surface area contributed by atoms with Gasteiger partial charge in [-0.2, -0.15) is 5.10 Å². The molecule has 2 aromatic heterocycles. The molecular formula is C15H13Cl2N3. The number of alkyl halides is 1. The molecule has 3 aromatic rings. The first kappa shape index (κ1) is 13.4. The van der Waals surface area contributed by atoms with Crippen molar-refractivity contribution in [3.8, 4) is 5.82 Å². The molecule has 0 fully saturated rings. The number of pyridine rings is 1. The second kappa shape index (κ2) is 5.08. The molecule has 2 heterocycles. The Hall–Kier alpha value is -1.58. The van der Waals surface area contributed by atoms with Crippen molar-refractivity contribution in [1.82, 2.24) is 14.8 Å². The maximum atomic E-state index is 6.20. The van der Waals surface area contributed by atoms with E-state index in [1.165, 1.54) is 0 Å². The normalized spacial score (nSPS) is 11.2. The second-order valence-corrected chi connectivity index (χ2v) is 5.33. The number of aromatic nitrogens is 3. The van der Waals surface area contributed by atoms with Crippen LogP contribution in [0.2, 0.25) is 5.02 Å². The van der Waals surface area contributed by atoms with E-state index in [4.69, 9.17) is 23.2 Å². The highest BCUT2D eigenvalue weighted by molar-refractivity contribution is 6.31. The molecule has 0 unspecified atom stereocenters. The molecule has 102 valence electrons. The number of rotatable bonds is 2. The highest BCUT2D eigenvalue weighted by Gasteiger charge is 2.13. The fourth-order valence-corrected chi connectivity index (χ4v) is 2.64. The van der Waals surface area contributed by atoms with Crippen molar-refractivity contribution in [3.05, 3.63) is 52.3 Å². The molecule has 5 heteroatoms. The molecule has 0 radical (unpaired) electrons. The van der Waals surface area contributed by atoms with Crippen molar-refractivity contribution < 1.29 is 0 Å². The molecule has 0 saturated carbocycles. The number of aryl methyl sites for hydroxylation is 1. The molecule has 0 aliphatic carbocycles. The molecule has 0 amide bonds. The van der Waals surface area contributed by atoms with Crippen LogP contribution in [0.15, 0.2) is 30.3 Å². The number of nitrogens with zero attached hydrogens (tertiary/aromatic N) is 3. The molecule has 0 atom stereocenters. The maximum absolute atomic E-state index is 6.20. The van der Waals surface area contributed by atoms with Gasteiger partial charge in [-0.25, -0.2) is 9.67 Å². The van der Waals surface area contributed by atoms with Crippen LogP contribution >= 0.6 is 23.2 Å². The van der Waals surface area contributed by atoms with Crippen LogP contribution in [0.25, 0.3) is 16.7 Å². The van der Waals surface area contributed by atoms with Gasteiger partial charge in [-0.1, -0.05) is 29.8 Å². The summed E-state index contributed by atoms with van der Waals surface area (Å²) in [5.74, 6) is 1.18. The van der Waals surface area contributed by atoms with Crippen molar-refractivity contribution in [2.45, 2.75) is 19.7 Å². The summed E-state index contributed by atoms with van der Waals surface area (Å²) in [5.41, 5.74) is 3.62. The molecule has 1 aromatic carbocycles. The zero-order chi connectivity index (χ0) is 14.3. The molecule has 0 aliphatic rings. The third kappa shape index (κ3) is 2.07. The van der Waals surface area contributed by atoms with Gasteiger partial charge in [0, 0.05) is 11.3 Å². The number of benzene rings is 1. The fourth-order valence-electron chi connectivity index (χ4n) is 2.30. The van der Waals surface area contributed by atoms with E-state index in [1.807, 2.05) is 44.2 Å². The van der Waals surface area contributed by atoms with Crippen LogP contribution in [0, 0.1) is 13.8 Å². The second-order valence-electron chi connectivity index (χ2n) is 4.69. The van der Waals surface area contributed by atoms with Gasteiger partial charge in [0.15, 0.2) is 5.82 Å².